The molecule has 0 saturated carbocycles. The van der Waals surface area contributed by atoms with Gasteiger partial charge in [-0.2, -0.15) is 4.37 Å². The summed E-state index contributed by atoms with van der Waals surface area (Å²) in [5.41, 5.74) is 4.57. The van der Waals surface area contributed by atoms with Gasteiger partial charge >= 0.3 is 0 Å². The van der Waals surface area contributed by atoms with Crippen LogP contribution in [0.3, 0.4) is 0 Å². The maximum absolute atomic E-state index is 12.5. The lowest BCUT2D eigenvalue weighted by Gasteiger charge is -2.34. The molecule has 186 valence electrons. The largest absolute Gasteiger partial charge is 0.351 e. The van der Waals surface area contributed by atoms with Crippen molar-refractivity contribution in [3.8, 4) is 0 Å². The van der Waals surface area contributed by atoms with Crippen LogP contribution in [0.5, 0.6) is 0 Å². The van der Waals surface area contributed by atoms with Gasteiger partial charge in [0.2, 0.25) is 5.13 Å². The van der Waals surface area contributed by atoms with Crippen LogP contribution in [0.2, 0.25) is 0 Å². The molecule has 0 spiro atoms. The molecule has 1 N–H and O–H groups in total. The molecule has 0 radical (unpaired) electrons. The molecule has 0 atom stereocenters. The van der Waals surface area contributed by atoms with Gasteiger partial charge in [0.15, 0.2) is 0 Å². The molecule has 2 heterocycles. The number of nitrogens with one attached hydrogen (secondary N) is 1. The number of aromatic nitrogens is 2. The Morgan fingerprint density at radius 3 is 2.40 bits per heavy atom. The minimum absolute atomic E-state index is 0.0127. The van der Waals surface area contributed by atoms with Crippen LogP contribution in [0, 0.1) is 6.92 Å². The van der Waals surface area contributed by atoms with Gasteiger partial charge in [0, 0.05) is 62.8 Å². The molecule has 3 aromatic rings. The first-order valence-electron chi connectivity index (χ1n) is 12.8. The molecular weight excluding hydrogens is 454 g/mol. The predicted molar refractivity (Wildman–Crippen MR) is 145 cm³/mol. The Bertz CT molecular complexity index is 1060. The quantitative estimate of drug-likeness (QED) is 0.393. The van der Waals surface area contributed by atoms with Crippen molar-refractivity contribution in [3.05, 3.63) is 76.6 Å². The Morgan fingerprint density at radius 1 is 0.971 bits per heavy atom. The number of aryl methyl sites for hydroxylation is 2. The highest BCUT2D eigenvalue weighted by atomic mass is 32.1. The van der Waals surface area contributed by atoms with E-state index in [9.17, 15) is 4.79 Å². The lowest BCUT2D eigenvalue weighted by Crippen LogP contribution is -2.48. The number of hydrogen-bond donors (Lipinski definition) is 1. The minimum atomic E-state index is 0.0127. The summed E-state index contributed by atoms with van der Waals surface area (Å²) in [5.74, 6) is 0.909. The number of benzene rings is 2. The summed E-state index contributed by atoms with van der Waals surface area (Å²) in [7, 11) is 0. The van der Waals surface area contributed by atoms with Gasteiger partial charge < -0.3 is 10.2 Å². The van der Waals surface area contributed by atoms with Crippen molar-refractivity contribution in [1.29, 1.82) is 0 Å². The van der Waals surface area contributed by atoms with E-state index in [4.69, 9.17) is 4.98 Å². The molecule has 0 unspecified atom stereocenters. The molecular formula is C28H37N5OS. The Labute approximate surface area is 213 Å². The molecule has 4 rings (SSSR count). The first-order chi connectivity index (χ1) is 17.1. The van der Waals surface area contributed by atoms with E-state index in [0.717, 1.165) is 62.1 Å². The van der Waals surface area contributed by atoms with Crippen molar-refractivity contribution in [2.24, 2.45) is 0 Å². The smallest absolute Gasteiger partial charge is 0.251 e. The van der Waals surface area contributed by atoms with E-state index in [1.807, 2.05) is 12.1 Å². The summed E-state index contributed by atoms with van der Waals surface area (Å²) in [4.78, 5) is 22.0. The van der Waals surface area contributed by atoms with E-state index in [2.05, 4.69) is 69.7 Å². The molecule has 1 fully saturated rings. The molecule has 1 aliphatic heterocycles. The number of nitrogens with zero attached hydrogens (tertiary/aromatic N) is 4. The number of hydrogen-bond acceptors (Lipinski definition) is 6. The molecule has 1 aliphatic rings. The normalized spacial score (nSPS) is 14.3. The third-order valence-corrected chi connectivity index (χ3v) is 7.40. The predicted octanol–water partition coefficient (Wildman–Crippen LogP) is 4.72. The second kappa shape index (κ2) is 12.8. The molecule has 7 heteroatoms. The van der Waals surface area contributed by atoms with Crippen LogP contribution in [0.25, 0.3) is 0 Å². The monoisotopic (exact) mass is 491 g/mol. The van der Waals surface area contributed by atoms with Crippen LogP contribution in [0.1, 0.15) is 59.1 Å². The van der Waals surface area contributed by atoms with Gasteiger partial charge in [-0.1, -0.05) is 61.7 Å². The number of anilines is 1. The van der Waals surface area contributed by atoms with Gasteiger partial charge in [-0.3, -0.25) is 9.69 Å². The SMILES string of the molecule is CCCCCc1ccc(C(=O)NCCN2CCN(c3nc(Cc4ccc(C)cc4)ns3)CC2)cc1. The second-order valence-electron chi connectivity index (χ2n) is 9.39. The van der Waals surface area contributed by atoms with Crippen LogP contribution in [-0.2, 0) is 12.8 Å². The highest BCUT2D eigenvalue weighted by molar-refractivity contribution is 7.09. The highest BCUT2D eigenvalue weighted by Crippen LogP contribution is 2.20. The summed E-state index contributed by atoms with van der Waals surface area (Å²) < 4.78 is 4.58. The number of unbranched alkanes of at least 4 members (excludes halogenated alkanes) is 2. The number of rotatable bonds is 11. The third-order valence-electron chi connectivity index (χ3n) is 6.58. The molecule has 0 bridgehead atoms. The number of piperazine rings is 1. The molecule has 2 aromatic carbocycles. The zero-order chi connectivity index (χ0) is 24.5. The first-order valence-corrected chi connectivity index (χ1v) is 13.6. The Hall–Kier alpha value is -2.77. The summed E-state index contributed by atoms with van der Waals surface area (Å²) in [5, 5.41) is 4.09. The minimum Gasteiger partial charge on any atom is -0.351 e. The number of carbonyl (C=O) groups is 1. The van der Waals surface area contributed by atoms with Gasteiger partial charge in [0.1, 0.15) is 5.82 Å². The summed E-state index contributed by atoms with van der Waals surface area (Å²) in [6.07, 6.45) is 5.56. The van der Waals surface area contributed by atoms with Gasteiger partial charge in [-0.25, -0.2) is 4.98 Å². The molecule has 0 aliphatic carbocycles. The van der Waals surface area contributed by atoms with E-state index in [0.29, 0.717) is 6.54 Å². The summed E-state index contributed by atoms with van der Waals surface area (Å²) in [6.45, 7) is 9.66. The Kier molecular flexibility index (Phi) is 9.26. The topological polar surface area (TPSA) is 61.4 Å². The average Bonchev–Trinajstić information content (AvgIpc) is 3.35. The second-order valence-corrected chi connectivity index (χ2v) is 10.1. The maximum Gasteiger partial charge on any atom is 0.251 e. The molecule has 1 aromatic heterocycles. The van der Waals surface area contributed by atoms with Crippen molar-refractivity contribution >= 4 is 22.6 Å². The fraction of sp³-hybridized carbons (Fsp3) is 0.464. The van der Waals surface area contributed by atoms with Crippen molar-refractivity contribution in [1.82, 2.24) is 19.6 Å². The zero-order valence-electron chi connectivity index (χ0n) is 21.0. The Balaban J connectivity index is 1.16. The zero-order valence-corrected chi connectivity index (χ0v) is 21.8. The van der Waals surface area contributed by atoms with Gasteiger partial charge in [-0.05, 0) is 43.0 Å². The van der Waals surface area contributed by atoms with E-state index in [1.54, 1.807) is 0 Å². The molecule has 6 nitrogen and oxygen atoms in total. The van der Waals surface area contributed by atoms with Gasteiger partial charge in [-0.15, -0.1) is 0 Å². The molecule has 1 amide bonds. The van der Waals surface area contributed by atoms with Crippen molar-refractivity contribution in [2.75, 3.05) is 44.2 Å². The van der Waals surface area contributed by atoms with Crippen LogP contribution in [-0.4, -0.2) is 59.4 Å². The van der Waals surface area contributed by atoms with Crippen LogP contribution >= 0.6 is 11.5 Å². The number of amides is 1. The summed E-state index contributed by atoms with van der Waals surface area (Å²) in [6, 6.07) is 16.6. The highest BCUT2D eigenvalue weighted by Gasteiger charge is 2.20. The lowest BCUT2D eigenvalue weighted by molar-refractivity contribution is 0.0948. The van der Waals surface area contributed by atoms with E-state index >= 15 is 0 Å². The van der Waals surface area contributed by atoms with Crippen molar-refractivity contribution in [2.45, 2.75) is 46.0 Å². The molecule has 35 heavy (non-hydrogen) atoms. The van der Waals surface area contributed by atoms with Gasteiger partial charge in [0.25, 0.3) is 5.91 Å². The van der Waals surface area contributed by atoms with Gasteiger partial charge in [0.05, 0.1) is 0 Å². The fourth-order valence-corrected chi connectivity index (χ4v) is 5.06. The first kappa shape index (κ1) is 25.3. The van der Waals surface area contributed by atoms with E-state index in [1.165, 1.54) is 47.5 Å². The third kappa shape index (κ3) is 7.61. The fourth-order valence-electron chi connectivity index (χ4n) is 4.33. The van der Waals surface area contributed by atoms with Crippen LogP contribution in [0.15, 0.2) is 48.5 Å². The van der Waals surface area contributed by atoms with Crippen molar-refractivity contribution in [3.63, 3.8) is 0 Å². The average molecular weight is 492 g/mol. The van der Waals surface area contributed by atoms with Crippen LogP contribution in [0.4, 0.5) is 5.13 Å². The van der Waals surface area contributed by atoms with E-state index in [-0.39, 0.29) is 5.91 Å². The number of carbonyl (C=O) groups excluding carboxylic acids is 1. The van der Waals surface area contributed by atoms with Crippen LogP contribution < -0.4 is 10.2 Å². The van der Waals surface area contributed by atoms with Crippen molar-refractivity contribution < 1.29 is 4.79 Å². The lowest BCUT2D eigenvalue weighted by atomic mass is 10.1. The Morgan fingerprint density at radius 2 is 1.69 bits per heavy atom. The standard InChI is InChI=1S/C28H37N5OS/c1-3-4-5-6-23-11-13-25(14-12-23)27(34)29-15-16-32-17-19-33(20-18-32)28-30-26(31-35-28)21-24-9-7-22(2)8-10-24/h7-14H,3-6,15-21H2,1-2H3,(H,29,34). The molecule has 1 saturated heterocycles. The summed E-state index contributed by atoms with van der Waals surface area (Å²) >= 11 is 1.49. The van der Waals surface area contributed by atoms with E-state index < -0.39 is 0 Å². The maximum atomic E-state index is 12.5.